The average Bonchev–Trinajstić information content (AvgIpc) is 2.43. The zero-order valence-corrected chi connectivity index (χ0v) is 14.3. The zero-order valence-electron chi connectivity index (χ0n) is 13.5. The van der Waals surface area contributed by atoms with Gasteiger partial charge in [0.05, 0.1) is 5.56 Å². The van der Waals surface area contributed by atoms with Crippen molar-refractivity contribution in [2.45, 2.75) is 19.9 Å². The number of nitrogens with zero attached hydrogens (tertiary/aromatic N) is 2. The van der Waals surface area contributed by atoms with E-state index in [1.165, 1.54) is 0 Å². The summed E-state index contributed by atoms with van der Waals surface area (Å²) in [6, 6.07) is 8.15. The molecule has 0 saturated carbocycles. The lowest BCUT2D eigenvalue weighted by atomic mass is 10.2. The molecule has 0 aliphatic rings. The second kappa shape index (κ2) is 8.97. The molecule has 0 saturated heterocycles. The largest absolute Gasteiger partial charge is 0.492 e. The lowest BCUT2D eigenvalue weighted by Crippen LogP contribution is -2.42. The van der Waals surface area contributed by atoms with Crippen molar-refractivity contribution in [3.8, 4) is 5.75 Å². The van der Waals surface area contributed by atoms with E-state index in [2.05, 4.69) is 37.7 Å². The van der Waals surface area contributed by atoms with E-state index in [0.29, 0.717) is 17.6 Å². The number of likely N-dealkylation sites (N-methyl/N-ethyl adjacent to an activating group) is 2. The summed E-state index contributed by atoms with van der Waals surface area (Å²) in [6.07, 6.45) is 0. The standard InChI is InChI=1S/C16H27N3OS/c1-5-19(13(2)12-18(3)4)10-11-20-15-9-7-6-8-14(15)16(17)21/h6-9,13H,5,10-12H2,1-4H3,(H2,17,21). The first kappa shape index (κ1) is 17.9. The highest BCUT2D eigenvalue weighted by Gasteiger charge is 2.13. The SMILES string of the molecule is CCN(CCOc1ccccc1C(N)=S)C(C)CN(C)C. The van der Waals surface area contributed by atoms with Crippen LogP contribution in [0.1, 0.15) is 19.4 Å². The predicted octanol–water partition coefficient (Wildman–Crippen LogP) is 1.97. The zero-order chi connectivity index (χ0) is 15.8. The molecular weight excluding hydrogens is 282 g/mol. The van der Waals surface area contributed by atoms with Crippen LogP contribution >= 0.6 is 12.2 Å². The average molecular weight is 309 g/mol. The molecule has 2 N–H and O–H groups in total. The molecule has 4 nitrogen and oxygen atoms in total. The summed E-state index contributed by atoms with van der Waals surface area (Å²) in [5, 5.41) is 0. The lowest BCUT2D eigenvalue weighted by molar-refractivity contribution is 0.151. The predicted molar refractivity (Wildman–Crippen MR) is 93.1 cm³/mol. The molecule has 1 atom stereocenters. The van der Waals surface area contributed by atoms with Gasteiger partial charge in [-0.05, 0) is 39.7 Å². The first-order valence-electron chi connectivity index (χ1n) is 7.36. The third-order valence-corrected chi connectivity index (χ3v) is 3.67. The quantitative estimate of drug-likeness (QED) is 0.706. The molecule has 0 aliphatic carbocycles. The van der Waals surface area contributed by atoms with E-state index >= 15 is 0 Å². The summed E-state index contributed by atoms with van der Waals surface area (Å²) in [7, 11) is 4.19. The van der Waals surface area contributed by atoms with Crippen molar-refractivity contribution in [2.75, 3.05) is 40.3 Å². The van der Waals surface area contributed by atoms with E-state index < -0.39 is 0 Å². The Morgan fingerprint density at radius 3 is 2.57 bits per heavy atom. The van der Waals surface area contributed by atoms with Crippen LogP contribution in [0.2, 0.25) is 0 Å². The Hall–Kier alpha value is -1.17. The van der Waals surface area contributed by atoms with Crippen molar-refractivity contribution in [2.24, 2.45) is 5.73 Å². The van der Waals surface area contributed by atoms with Gasteiger partial charge >= 0.3 is 0 Å². The van der Waals surface area contributed by atoms with Crippen LogP contribution < -0.4 is 10.5 Å². The van der Waals surface area contributed by atoms with Gasteiger partial charge in [0.2, 0.25) is 0 Å². The molecule has 1 unspecified atom stereocenters. The van der Waals surface area contributed by atoms with Crippen molar-refractivity contribution in [3.05, 3.63) is 29.8 Å². The van der Waals surface area contributed by atoms with Crippen molar-refractivity contribution in [1.29, 1.82) is 0 Å². The highest BCUT2D eigenvalue weighted by Crippen LogP contribution is 2.17. The fraction of sp³-hybridized carbons (Fsp3) is 0.562. The van der Waals surface area contributed by atoms with Gasteiger partial charge in [0.15, 0.2) is 0 Å². The normalized spacial score (nSPS) is 12.7. The maximum atomic E-state index is 5.86. The van der Waals surface area contributed by atoms with E-state index in [1.807, 2.05) is 24.3 Å². The third-order valence-electron chi connectivity index (χ3n) is 3.45. The minimum atomic E-state index is 0.374. The fourth-order valence-corrected chi connectivity index (χ4v) is 2.57. The molecule has 1 aromatic carbocycles. The summed E-state index contributed by atoms with van der Waals surface area (Å²) < 4.78 is 5.86. The highest BCUT2D eigenvalue weighted by molar-refractivity contribution is 7.80. The van der Waals surface area contributed by atoms with Gasteiger partial charge in [-0.1, -0.05) is 31.3 Å². The second-order valence-electron chi connectivity index (χ2n) is 5.45. The molecule has 21 heavy (non-hydrogen) atoms. The number of benzene rings is 1. The van der Waals surface area contributed by atoms with Crippen molar-refractivity contribution in [3.63, 3.8) is 0 Å². The number of thiocarbonyl (C=S) groups is 1. The monoisotopic (exact) mass is 309 g/mol. The van der Waals surface area contributed by atoms with Crippen LogP contribution in [0.25, 0.3) is 0 Å². The van der Waals surface area contributed by atoms with Crippen LogP contribution in [-0.2, 0) is 0 Å². The summed E-state index contributed by atoms with van der Waals surface area (Å²) in [5.74, 6) is 0.765. The van der Waals surface area contributed by atoms with Crippen molar-refractivity contribution >= 4 is 17.2 Å². The van der Waals surface area contributed by atoms with Gasteiger partial charge in [-0.2, -0.15) is 0 Å². The van der Waals surface area contributed by atoms with Gasteiger partial charge in [0, 0.05) is 19.1 Å². The van der Waals surface area contributed by atoms with E-state index in [-0.39, 0.29) is 0 Å². The summed E-state index contributed by atoms with van der Waals surface area (Å²) in [6.45, 7) is 7.98. The Morgan fingerprint density at radius 2 is 2.00 bits per heavy atom. The lowest BCUT2D eigenvalue weighted by Gasteiger charge is -2.29. The Morgan fingerprint density at radius 1 is 1.33 bits per heavy atom. The number of nitrogens with two attached hydrogens (primary N) is 1. The number of ether oxygens (including phenoxy) is 1. The van der Waals surface area contributed by atoms with E-state index in [9.17, 15) is 0 Å². The number of para-hydroxylation sites is 1. The van der Waals surface area contributed by atoms with Gasteiger partial charge in [-0.25, -0.2) is 0 Å². The van der Waals surface area contributed by atoms with Crippen LogP contribution in [0.5, 0.6) is 5.75 Å². The second-order valence-corrected chi connectivity index (χ2v) is 5.89. The van der Waals surface area contributed by atoms with Crippen LogP contribution in [0.3, 0.4) is 0 Å². The summed E-state index contributed by atoms with van der Waals surface area (Å²) >= 11 is 5.05. The van der Waals surface area contributed by atoms with E-state index in [0.717, 1.165) is 30.9 Å². The minimum Gasteiger partial charge on any atom is -0.492 e. The number of hydrogen-bond acceptors (Lipinski definition) is 4. The highest BCUT2D eigenvalue weighted by atomic mass is 32.1. The molecule has 5 heteroatoms. The minimum absolute atomic E-state index is 0.374. The van der Waals surface area contributed by atoms with Crippen LogP contribution in [-0.4, -0.2) is 61.2 Å². The topological polar surface area (TPSA) is 41.7 Å². The molecular formula is C16H27N3OS. The molecule has 1 rings (SSSR count). The Bertz CT molecular complexity index is 451. The van der Waals surface area contributed by atoms with Crippen LogP contribution in [0.4, 0.5) is 0 Å². The maximum absolute atomic E-state index is 5.86. The number of rotatable bonds is 9. The Kier molecular flexibility index (Phi) is 7.64. The molecule has 0 aromatic heterocycles. The molecule has 0 aliphatic heterocycles. The van der Waals surface area contributed by atoms with E-state index in [1.54, 1.807) is 0 Å². The molecule has 1 aromatic rings. The van der Waals surface area contributed by atoms with Gasteiger partial charge in [0.1, 0.15) is 17.3 Å². The van der Waals surface area contributed by atoms with Gasteiger partial charge in [-0.15, -0.1) is 0 Å². The van der Waals surface area contributed by atoms with Gasteiger partial charge in [-0.3, -0.25) is 4.90 Å². The van der Waals surface area contributed by atoms with Gasteiger partial charge in [0.25, 0.3) is 0 Å². The Balaban J connectivity index is 2.53. The molecule has 0 amide bonds. The summed E-state index contributed by atoms with van der Waals surface area (Å²) in [4.78, 5) is 4.98. The first-order valence-corrected chi connectivity index (χ1v) is 7.77. The van der Waals surface area contributed by atoms with Crippen molar-refractivity contribution in [1.82, 2.24) is 9.80 Å². The van der Waals surface area contributed by atoms with Gasteiger partial charge < -0.3 is 15.4 Å². The van der Waals surface area contributed by atoms with Crippen LogP contribution in [0.15, 0.2) is 24.3 Å². The van der Waals surface area contributed by atoms with E-state index in [4.69, 9.17) is 22.7 Å². The number of hydrogen-bond donors (Lipinski definition) is 1. The molecule has 0 spiro atoms. The molecule has 0 radical (unpaired) electrons. The first-order chi connectivity index (χ1) is 9.95. The molecule has 0 bridgehead atoms. The van der Waals surface area contributed by atoms with Crippen LogP contribution in [0, 0.1) is 0 Å². The molecule has 118 valence electrons. The Labute approximate surface area is 133 Å². The smallest absolute Gasteiger partial charge is 0.129 e. The summed E-state index contributed by atoms with van der Waals surface area (Å²) in [5.41, 5.74) is 6.51. The van der Waals surface area contributed by atoms with Crippen molar-refractivity contribution < 1.29 is 4.74 Å². The maximum Gasteiger partial charge on any atom is 0.129 e. The molecule has 0 fully saturated rings. The third kappa shape index (κ3) is 5.99. The molecule has 0 heterocycles. The fourth-order valence-electron chi connectivity index (χ4n) is 2.40.